The van der Waals surface area contributed by atoms with Crippen molar-refractivity contribution in [1.29, 1.82) is 0 Å². The predicted octanol–water partition coefficient (Wildman–Crippen LogP) is 1.44. The maximum atomic E-state index is 12.3. The maximum Gasteiger partial charge on any atom is 0.303 e. The highest BCUT2D eigenvalue weighted by molar-refractivity contribution is 6.06. The zero-order valence-electron chi connectivity index (χ0n) is 11.3. The Balaban J connectivity index is 1.53. The molecule has 108 valence electrons. The molecule has 2 fully saturated rings. The highest BCUT2D eigenvalue weighted by Crippen LogP contribution is 2.52. The first-order valence-corrected chi connectivity index (χ1v) is 7.35. The fraction of sp³-hybridized carbons (Fsp3) is 0.667. The summed E-state index contributed by atoms with van der Waals surface area (Å²) < 4.78 is 0. The van der Waals surface area contributed by atoms with E-state index in [4.69, 9.17) is 5.11 Å². The first-order chi connectivity index (χ1) is 9.59. The van der Waals surface area contributed by atoms with E-state index in [-0.39, 0.29) is 41.9 Å². The van der Waals surface area contributed by atoms with Crippen molar-refractivity contribution < 1.29 is 19.5 Å². The number of amides is 2. The van der Waals surface area contributed by atoms with Crippen LogP contribution in [0.5, 0.6) is 0 Å². The summed E-state index contributed by atoms with van der Waals surface area (Å²) in [6.07, 6.45) is 7.34. The molecule has 0 spiro atoms. The Hall–Kier alpha value is -1.65. The van der Waals surface area contributed by atoms with Crippen LogP contribution in [0.1, 0.15) is 32.1 Å². The van der Waals surface area contributed by atoms with Gasteiger partial charge in [0.05, 0.1) is 11.8 Å². The van der Waals surface area contributed by atoms with E-state index in [9.17, 15) is 14.4 Å². The van der Waals surface area contributed by atoms with E-state index in [1.54, 1.807) is 0 Å². The number of allylic oxidation sites excluding steroid dienone is 2. The van der Waals surface area contributed by atoms with Crippen LogP contribution in [0.25, 0.3) is 0 Å². The lowest BCUT2D eigenvalue weighted by atomic mass is 9.85. The number of carboxylic acid groups (broad SMARTS) is 1. The Bertz CT molecular complexity index is 454. The third kappa shape index (κ3) is 2.05. The van der Waals surface area contributed by atoms with Gasteiger partial charge in [0.25, 0.3) is 0 Å². The molecule has 5 nitrogen and oxygen atoms in total. The molecule has 0 radical (unpaired) electrons. The largest absolute Gasteiger partial charge is 0.481 e. The molecule has 2 aliphatic carbocycles. The van der Waals surface area contributed by atoms with E-state index < -0.39 is 5.97 Å². The highest BCUT2D eigenvalue weighted by Gasteiger charge is 2.58. The van der Waals surface area contributed by atoms with Gasteiger partial charge in [-0.05, 0) is 31.1 Å². The van der Waals surface area contributed by atoms with Crippen molar-refractivity contribution in [2.45, 2.75) is 32.1 Å². The van der Waals surface area contributed by atoms with E-state index in [1.165, 1.54) is 4.90 Å². The molecule has 5 heteroatoms. The molecule has 2 amide bonds. The van der Waals surface area contributed by atoms with E-state index in [1.807, 2.05) is 0 Å². The minimum absolute atomic E-state index is 0.00455. The monoisotopic (exact) mass is 277 g/mol. The molecule has 0 aromatic rings. The quantitative estimate of drug-likeness (QED) is 0.453. The number of likely N-dealkylation sites (tertiary alicyclic amines) is 1. The number of unbranched alkanes of at least 4 members (excludes halogenated alkanes) is 2. The van der Waals surface area contributed by atoms with Gasteiger partial charge in [0, 0.05) is 13.0 Å². The molecular formula is C15H19NO4. The van der Waals surface area contributed by atoms with Crippen LogP contribution in [0.3, 0.4) is 0 Å². The number of hydrogen-bond donors (Lipinski definition) is 1. The van der Waals surface area contributed by atoms with Gasteiger partial charge in [-0.25, -0.2) is 0 Å². The lowest BCUT2D eigenvalue weighted by Crippen LogP contribution is -2.33. The number of aliphatic carboxylic acids is 1. The minimum Gasteiger partial charge on any atom is -0.481 e. The van der Waals surface area contributed by atoms with Crippen molar-refractivity contribution in [2.24, 2.45) is 23.7 Å². The van der Waals surface area contributed by atoms with Crippen LogP contribution in [0, 0.1) is 23.7 Å². The van der Waals surface area contributed by atoms with Crippen molar-refractivity contribution in [3.63, 3.8) is 0 Å². The molecule has 2 bridgehead atoms. The van der Waals surface area contributed by atoms with E-state index in [0.717, 1.165) is 12.8 Å². The molecule has 0 aromatic heterocycles. The van der Waals surface area contributed by atoms with E-state index in [0.29, 0.717) is 19.4 Å². The van der Waals surface area contributed by atoms with Crippen LogP contribution in [0.15, 0.2) is 12.2 Å². The summed E-state index contributed by atoms with van der Waals surface area (Å²) >= 11 is 0. The normalized spacial score (nSPS) is 34.1. The number of imide groups is 1. The van der Waals surface area contributed by atoms with Crippen LogP contribution >= 0.6 is 0 Å². The maximum absolute atomic E-state index is 12.3. The third-order valence-electron chi connectivity index (χ3n) is 4.83. The molecule has 3 rings (SSSR count). The first kappa shape index (κ1) is 13.3. The zero-order chi connectivity index (χ0) is 14.3. The minimum atomic E-state index is -0.796. The summed E-state index contributed by atoms with van der Waals surface area (Å²) in [6.45, 7) is 0.448. The molecule has 0 unspecified atom stereocenters. The van der Waals surface area contributed by atoms with Crippen LogP contribution in [0.4, 0.5) is 0 Å². The Kier molecular flexibility index (Phi) is 3.36. The Morgan fingerprint density at radius 2 is 1.70 bits per heavy atom. The van der Waals surface area contributed by atoms with Gasteiger partial charge >= 0.3 is 5.97 Å². The van der Waals surface area contributed by atoms with Crippen molar-refractivity contribution in [2.75, 3.05) is 6.54 Å². The van der Waals surface area contributed by atoms with Gasteiger partial charge < -0.3 is 5.11 Å². The van der Waals surface area contributed by atoms with Gasteiger partial charge in [-0.3, -0.25) is 19.3 Å². The average molecular weight is 277 g/mol. The predicted molar refractivity (Wildman–Crippen MR) is 70.5 cm³/mol. The molecule has 1 saturated heterocycles. The summed E-state index contributed by atoms with van der Waals surface area (Å²) in [4.78, 5) is 36.5. The van der Waals surface area contributed by atoms with Crippen molar-refractivity contribution >= 4 is 17.8 Å². The summed E-state index contributed by atoms with van der Waals surface area (Å²) in [5.74, 6) is -0.509. The SMILES string of the molecule is O=C(O)CCCCCN1C(=O)[C@H]2[C@H](C1=O)[C@H]1C=C[C@@H]2C1. The van der Waals surface area contributed by atoms with Gasteiger partial charge in [-0.2, -0.15) is 0 Å². The summed E-state index contributed by atoms with van der Waals surface area (Å²) in [7, 11) is 0. The second-order valence-electron chi connectivity index (χ2n) is 6.03. The number of rotatable bonds is 6. The smallest absolute Gasteiger partial charge is 0.303 e. The van der Waals surface area contributed by atoms with Crippen molar-refractivity contribution in [1.82, 2.24) is 4.90 Å². The second-order valence-corrected chi connectivity index (χ2v) is 6.03. The molecule has 0 aromatic carbocycles. The number of carbonyl (C=O) groups excluding carboxylic acids is 2. The van der Waals surface area contributed by atoms with Crippen molar-refractivity contribution in [3.05, 3.63) is 12.2 Å². The lowest BCUT2D eigenvalue weighted by Gasteiger charge is -2.16. The molecule has 1 aliphatic heterocycles. The Morgan fingerprint density at radius 3 is 2.25 bits per heavy atom. The van der Waals surface area contributed by atoms with Gasteiger partial charge in [-0.15, -0.1) is 0 Å². The topological polar surface area (TPSA) is 74.7 Å². The number of fused-ring (bicyclic) bond motifs is 5. The summed E-state index contributed by atoms with van der Waals surface area (Å²) in [5.41, 5.74) is 0. The van der Waals surface area contributed by atoms with Crippen LogP contribution in [-0.4, -0.2) is 34.3 Å². The molecule has 1 N–H and O–H groups in total. The van der Waals surface area contributed by atoms with Gasteiger partial charge in [-0.1, -0.05) is 18.6 Å². The van der Waals surface area contributed by atoms with Crippen molar-refractivity contribution in [3.8, 4) is 0 Å². The fourth-order valence-corrected chi connectivity index (χ4v) is 3.91. The zero-order valence-corrected chi connectivity index (χ0v) is 11.3. The molecule has 1 saturated carbocycles. The van der Waals surface area contributed by atoms with Gasteiger partial charge in [0.2, 0.25) is 11.8 Å². The van der Waals surface area contributed by atoms with Crippen LogP contribution < -0.4 is 0 Å². The fourth-order valence-electron chi connectivity index (χ4n) is 3.91. The number of carboxylic acids is 1. The summed E-state index contributed by atoms with van der Waals surface area (Å²) in [5, 5.41) is 8.56. The lowest BCUT2D eigenvalue weighted by molar-refractivity contribution is -0.141. The van der Waals surface area contributed by atoms with Gasteiger partial charge in [0.1, 0.15) is 0 Å². The number of carbonyl (C=O) groups is 3. The second kappa shape index (κ2) is 5.04. The summed E-state index contributed by atoms with van der Waals surface area (Å²) in [6, 6.07) is 0. The van der Waals surface area contributed by atoms with Gasteiger partial charge in [0.15, 0.2) is 0 Å². The molecular weight excluding hydrogens is 258 g/mol. The highest BCUT2D eigenvalue weighted by atomic mass is 16.4. The van der Waals surface area contributed by atoms with E-state index >= 15 is 0 Å². The molecule has 20 heavy (non-hydrogen) atoms. The standard InChI is InChI=1S/C15H19NO4/c17-11(18)4-2-1-3-7-16-14(19)12-9-5-6-10(8-9)13(12)15(16)20/h5-6,9-10,12-13H,1-4,7-8H2,(H,17,18)/t9-,10+,12-,13-/m1/s1. The number of nitrogens with zero attached hydrogens (tertiary/aromatic N) is 1. The van der Waals surface area contributed by atoms with Crippen LogP contribution in [0.2, 0.25) is 0 Å². The first-order valence-electron chi connectivity index (χ1n) is 7.35. The number of hydrogen-bond acceptors (Lipinski definition) is 3. The van der Waals surface area contributed by atoms with E-state index in [2.05, 4.69) is 12.2 Å². The Labute approximate surface area is 117 Å². The van der Waals surface area contributed by atoms with Crippen LogP contribution in [-0.2, 0) is 14.4 Å². The Morgan fingerprint density at radius 1 is 1.10 bits per heavy atom. The molecule has 3 aliphatic rings. The average Bonchev–Trinajstić information content (AvgIpc) is 3.06. The third-order valence-corrected chi connectivity index (χ3v) is 4.83. The molecule has 4 atom stereocenters. The molecule has 1 heterocycles.